The number of nitrogens with two attached hydrogens (primary N) is 2. The standard InChI is InChI=1S/C21H25N7O/c1-2-15-7-19(28-21(23)27-15)18-12-26-20-17(18)6-13(10-25-20)14(8-22)9-24-11-16-4-3-5-29-16/h6-10,12,16H,2-5,11,22H2,1H3,(H,25,26)(H2,23,27,28). The van der Waals surface area contributed by atoms with Crippen LogP contribution in [0.5, 0.6) is 0 Å². The van der Waals surface area contributed by atoms with Crippen LogP contribution in [-0.4, -0.2) is 45.4 Å². The maximum Gasteiger partial charge on any atom is 0.220 e. The van der Waals surface area contributed by atoms with Crippen molar-refractivity contribution in [1.82, 2.24) is 19.9 Å². The summed E-state index contributed by atoms with van der Waals surface area (Å²) in [5.41, 5.74) is 16.8. The molecule has 0 aliphatic carbocycles. The Labute approximate surface area is 169 Å². The highest BCUT2D eigenvalue weighted by molar-refractivity contribution is 6.10. The topological polar surface area (TPSA) is 128 Å². The number of nitrogens with zero attached hydrogens (tertiary/aromatic N) is 4. The molecular weight excluding hydrogens is 366 g/mol. The summed E-state index contributed by atoms with van der Waals surface area (Å²) in [4.78, 5) is 20.9. The number of aliphatic imine (C=N–C) groups is 1. The normalized spacial score (nSPS) is 17.6. The van der Waals surface area contributed by atoms with Crippen molar-refractivity contribution in [1.29, 1.82) is 0 Å². The monoisotopic (exact) mass is 391 g/mol. The molecular formula is C21H25N7O. The van der Waals surface area contributed by atoms with Crippen LogP contribution in [0.2, 0.25) is 0 Å². The smallest absolute Gasteiger partial charge is 0.220 e. The lowest BCUT2D eigenvalue weighted by atomic mass is 10.1. The van der Waals surface area contributed by atoms with E-state index in [1.807, 2.05) is 25.3 Å². The second-order valence-electron chi connectivity index (χ2n) is 7.03. The van der Waals surface area contributed by atoms with Crippen LogP contribution in [0.25, 0.3) is 27.9 Å². The number of H-pyrrole nitrogens is 1. The third-order valence-corrected chi connectivity index (χ3v) is 5.04. The summed E-state index contributed by atoms with van der Waals surface area (Å²) in [6, 6.07) is 3.99. The maximum atomic E-state index is 5.89. The SMILES string of the molecule is CCc1cc(-c2c[nH]c3ncc(C(C=NCC4CCCO4)=CN)cc23)nc(N)n1. The van der Waals surface area contributed by atoms with Crippen LogP contribution in [0.3, 0.4) is 0 Å². The number of hydrogen-bond donors (Lipinski definition) is 3. The van der Waals surface area contributed by atoms with Gasteiger partial charge in [-0.1, -0.05) is 6.92 Å². The Bertz CT molecular complexity index is 1060. The molecule has 1 aliphatic heterocycles. The zero-order valence-electron chi connectivity index (χ0n) is 16.4. The molecule has 4 heterocycles. The van der Waals surface area contributed by atoms with Crippen LogP contribution in [0, 0.1) is 0 Å². The number of aromatic nitrogens is 4. The average Bonchev–Trinajstić information content (AvgIpc) is 3.40. The van der Waals surface area contributed by atoms with Crippen LogP contribution >= 0.6 is 0 Å². The Hall–Kier alpha value is -3.26. The number of aromatic amines is 1. The Morgan fingerprint density at radius 2 is 2.28 bits per heavy atom. The Kier molecular flexibility index (Phi) is 5.53. The number of aryl methyl sites for hydroxylation is 1. The predicted molar refractivity (Wildman–Crippen MR) is 115 cm³/mol. The molecule has 5 N–H and O–H groups in total. The van der Waals surface area contributed by atoms with Gasteiger partial charge in [0, 0.05) is 59.2 Å². The first kappa shape index (κ1) is 19.1. The van der Waals surface area contributed by atoms with Gasteiger partial charge >= 0.3 is 0 Å². The van der Waals surface area contributed by atoms with Gasteiger partial charge in [-0.3, -0.25) is 4.99 Å². The van der Waals surface area contributed by atoms with E-state index in [4.69, 9.17) is 16.2 Å². The Balaban J connectivity index is 1.65. The van der Waals surface area contributed by atoms with Crippen molar-refractivity contribution in [3.8, 4) is 11.3 Å². The Morgan fingerprint density at radius 1 is 1.38 bits per heavy atom. The average molecular weight is 391 g/mol. The lowest BCUT2D eigenvalue weighted by molar-refractivity contribution is 0.118. The molecule has 1 saturated heterocycles. The van der Waals surface area contributed by atoms with Crippen LogP contribution in [-0.2, 0) is 11.2 Å². The quantitative estimate of drug-likeness (QED) is 0.554. The fourth-order valence-electron chi connectivity index (χ4n) is 3.48. The summed E-state index contributed by atoms with van der Waals surface area (Å²) >= 11 is 0. The van der Waals surface area contributed by atoms with Gasteiger partial charge < -0.3 is 21.2 Å². The second-order valence-corrected chi connectivity index (χ2v) is 7.03. The maximum absolute atomic E-state index is 5.89. The number of fused-ring (bicyclic) bond motifs is 1. The van der Waals surface area contributed by atoms with Crippen molar-refractivity contribution < 1.29 is 4.74 Å². The first-order valence-corrected chi connectivity index (χ1v) is 9.82. The summed E-state index contributed by atoms with van der Waals surface area (Å²) in [6.07, 6.45) is 10.2. The summed E-state index contributed by atoms with van der Waals surface area (Å²) in [5, 5.41) is 0.939. The molecule has 3 aromatic rings. The van der Waals surface area contributed by atoms with E-state index < -0.39 is 0 Å². The number of nitrogens with one attached hydrogen (secondary N) is 1. The van der Waals surface area contributed by atoms with E-state index in [1.165, 1.54) is 0 Å². The largest absolute Gasteiger partial charge is 0.404 e. The number of anilines is 1. The number of hydrogen-bond acceptors (Lipinski definition) is 7. The van der Waals surface area contributed by atoms with E-state index in [0.717, 1.165) is 65.0 Å². The molecule has 8 nitrogen and oxygen atoms in total. The number of nitrogen functional groups attached to an aromatic ring is 1. The molecule has 150 valence electrons. The molecule has 8 heteroatoms. The predicted octanol–water partition coefficient (Wildman–Crippen LogP) is 2.71. The van der Waals surface area contributed by atoms with Gasteiger partial charge in [-0.05, 0) is 31.4 Å². The van der Waals surface area contributed by atoms with Crippen molar-refractivity contribution >= 4 is 28.8 Å². The lowest BCUT2D eigenvalue weighted by Crippen LogP contribution is -2.09. The molecule has 0 amide bonds. The van der Waals surface area contributed by atoms with Crippen LogP contribution < -0.4 is 11.5 Å². The number of pyridine rings is 1. The molecule has 0 bridgehead atoms. The highest BCUT2D eigenvalue weighted by atomic mass is 16.5. The summed E-state index contributed by atoms with van der Waals surface area (Å²) in [7, 11) is 0. The number of ether oxygens (including phenoxy) is 1. The third kappa shape index (κ3) is 4.12. The molecule has 1 fully saturated rings. The molecule has 29 heavy (non-hydrogen) atoms. The highest BCUT2D eigenvalue weighted by Gasteiger charge is 2.15. The van der Waals surface area contributed by atoms with E-state index in [-0.39, 0.29) is 12.1 Å². The van der Waals surface area contributed by atoms with E-state index in [0.29, 0.717) is 6.54 Å². The van der Waals surface area contributed by atoms with Crippen molar-refractivity contribution in [2.75, 3.05) is 18.9 Å². The fourth-order valence-corrected chi connectivity index (χ4v) is 3.48. The minimum Gasteiger partial charge on any atom is -0.404 e. The van der Waals surface area contributed by atoms with Crippen LogP contribution in [0.4, 0.5) is 5.95 Å². The van der Waals surface area contributed by atoms with Crippen molar-refractivity contribution in [2.24, 2.45) is 10.7 Å². The lowest BCUT2D eigenvalue weighted by Gasteiger charge is -2.06. The van der Waals surface area contributed by atoms with Crippen molar-refractivity contribution in [3.63, 3.8) is 0 Å². The number of rotatable bonds is 6. The molecule has 0 aromatic carbocycles. The molecule has 1 atom stereocenters. The molecule has 0 radical (unpaired) electrons. The van der Waals surface area contributed by atoms with Gasteiger partial charge in [0.25, 0.3) is 0 Å². The number of allylic oxidation sites excluding steroid dienone is 1. The second kappa shape index (κ2) is 8.40. The summed E-state index contributed by atoms with van der Waals surface area (Å²) in [5.74, 6) is 0.265. The molecule has 1 aliphatic rings. The minimum atomic E-state index is 0.207. The molecule has 1 unspecified atom stereocenters. The summed E-state index contributed by atoms with van der Waals surface area (Å²) in [6.45, 7) is 3.50. The molecule has 3 aromatic heterocycles. The zero-order chi connectivity index (χ0) is 20.2. The summed E-state index contributed by atoms with van der Waals surface area (Å²) < 4.78 is 5.61. The Morgan fingerprint density at radius 3 is 3.03 bits per heavy atom. The van der Waals surface area contributed by atoms with E-state index >= 15 is 0 Å². The minimum absolute atomic E-state index is 0.207. The van der Waals surface area contributed by atoms with Crippen molar-refractivity contribution in [3.05, 3.63) is 42.0 Å². The van der Waals surface area contributed by atoms with Gasteiger partial charge in [0.05, 0.1) is 18.3 Å². The van der Waals surface area contributed by atoms with Crippen molar-refractivity contribution in [2.45, 2.75) is 32.3 Å². The first-order chi connectivity index (χ1) is 14.2. The fraction of sp³-hybridized carbons (Fsp3) is 0.333. The zero-order valence-corrected chi connectivity index (χ0v) is 16.4. The van der Waals surface area contributed by atoms with Gasteiger partial charge in [0.2, 0.25) is 5.95 Å². The van der Waals surface area contributed by atoms with Gasteiger partial charge in [0.1, 0.15) is 5.65 Å². The van der Waals surface area contributed by atoms with Crippen LogP contribution in [0.15, 0.2) is 35.7 Å². The van der Waals surface area contributed by atoms with Gasteiger partial charge in [0.15, 0.2) is 0 Å². The van der Waals surface area contributed by atoms with Crippen LogP contribution in [0.1, 0.15) is 31.0 Å². The highest BCUT2D eigenvalue weighted by Crippen LogP contribution is 2.29. The molecule has 4 rings (SSSR count). The first-order valence-electron chi connectivity index (χ1n) is 9.82. The molecule has 0 spiro atoms. The third-order valence-electron chi connectivity index (χ3n) is 5.04. The van der Waals surface area contributed by atoms with E-state index in [1.54, 1.807) is 18.6 Å². The van der Waals surface area contributed by atoms with Gasteiger partial charge in [-0.15, -0.1) is 0 Å². The van der Waals surface area contributed by atoms with E-state index in [9.17, 15) is 0 Å². The molecule has 0 saturated carbocycles. The van der Waals surface area contributed by atoms with Gasteiger partial charge in [-0.25, -0.2) is 15.0 Å². The van der Waals surface area contributed by atoms with Gasteiger partial charge in [-0.2, -0.15) is 0 Å². The van der Waals surface area contributed by atoms with E-state index in [2.05, 4.69) is 24.9 Å².